The van der Waals surface area contributed by atoms with Crippen LogP contribution in [0.25, 0.3) is 0 Å². The van der Waals surface area contributed by atoms with E-state index in [-0.39, 0.29) is 5.82 Å². The van der Waals surface area contributed by atoms with Crippen LogP contribution in [0.3, 0.4) is 0 Å². The molecule has 0 aromatic heterocycles. The summed E-state index contributed by atoms with van der Waals surface area (Å²) in [5.74, 6) is 0.605. The number of benzene rings is 1. The predicted octanol–water partition coefficient (Wildman–Crippen LogP) is 2.96. The topological polar surface area (TPSA) is 15.3 Å². The highest BCUT2D eigenvalue weighted by Gasteiger charge is 2.34. The first kappa shape index (κ1) is 13.1. The maximum Gasteiger partial charge on any atom is 0.123 e. The van der Waals surface area contributed by atoms with Gasteiger partial charge >= 0.3 is 0 Å². The van der Waals surface area contributed by atoms with Crippen LogP contribution >= 0.6 is 0 Å². The van der Waals surface area contributed by atoms with Gasteiger partial charge in [0, 0.05) is 18.6 Å². The lowest BCUT2D eigenvalue weighted by molar-refractivity contribution is 0.212. The molecule has 0 bridgehead atoms. The molecular weight excluding hydrogens is 239 g/mol. The van der Waals surface area contributed by atoms with E-state index < -0.39 is 0 Å². The fourth-order valence-electron chi connectivity index (χ4n) is 3.16. The smallest absolute Gasteiger partial charge is 0.123 e. The second kappa shape index (κ2) is 5.59. The molecule has 1 heterocycles. The van der Waals surface area contributed by atoms with E-state index >= 15 is 0 Å². The molecular formula is C16H23FN2. The highest BCUT2D eigenvalue weighted by molar-refractivity contribution is 5.22. The van der Waals surface area contributed by atoms with Crippen molar-refractivity contribution in [3.8, 4) is 0 Å². The Morgan fingerprint density at radius 1 is 1.21 bits per heavy atom. The van der Waals surface area contributed by atoms with Crippen LogP contribution in [0.1, 0.15) is 37.3 Å². The van der Waals surface area contributed by atoms with Gasteiger partial charge in [0.15, 0.2) is 0 Å². The maximum atomic E-state index is 13.0. The molecule has 1 aliphatic carbocycles. The molecule has 2 aliphatic rings. The van der Waals surface area contributed by atoms with Crippen molar-refractivity contribution in [3.05, 3.63) is 35.6 Å². The molecule has 1 saturated heterocycles. The van der Waals surface area contributed by atoms with Crippen molar-refractivity contribution in [2.75, 3.05) is 20.1 Å². The number of halogens is 1. The van der Waals surface area contributed by atoms with Gasteiger partial charge in [-0.3, -0.25) is 0 Å². The van der Waals surface area contributed by atoms with Crippen molar-refractivity contribution in [2.24, 2.45) is 5.92 Å². The molecule has 3 heteroatoms. The highest BCUT2D eigenvalue weighted by atomic mass is 19.1. The Morgan fingerprint density at radius 2 is 1.95 bits per heavy atom. The van der Waals surface area contributed by atoms with Gasteiger partial charge in [0.2, 0.25) is 0 Å². The minimum Gasteiger partial charge on any atom is -0.306 e. The largest absolute Gasteiger partial charge is 0.306 e. The molecule has 1 aromatic carbocycles. The Bertz CT molecular complexity index is 413. The summed E-state index contributed by atoms with van der Waals surface area (Å²) < 4.78 is 13.0. The summed E-state index contributed by atoms with van der Waals surface area (Å²) in [7, 11) is 2.19. The van der Waals surface area contributed by atoms with E-state index in [1.807, 2.05) is 12.1 Å². The third kappa shape index (κ3) is 3.34. The minimum absolute atomic E-state index is 0.143. The summed E-state index contributed by atoms with van der Waals surface area (Å²) in [6, 6.07) is 8.04. The van der Waals surface area contributed by atoms with E-state index in [0.717, 1.165) is 12.5 Å². The zero-order valence-corrected chi connectivity index (χ0v) is 11.6. The average Bonchev–Trinajstić information content (AvgIpc) is 3.22. The van der Waals surface area contributed by atoms with Gasteiger partial charge in [-0.05, 0) is 62.9 Å². The summed E-state index contributed by atoms with van der Waals surface area (Å²) in [5, 5.41) is 3.82. The highest BCUT2D eigenvalue weighted by Crippen LogP contribution is 2.41. The summed E-state index contributed by atoms with van der Waals surface area (Å²) >= 11 is 0. The van der Waals surface area contributed by atoms with E-state index in [2.05, 4.69) is 17.3 Å². The standard InChI is InChI=1S/C16H23FN2/c1-19-10-2-3-15(11-19)18-16(12-4-5-12)13-6-8-14(17)9-7-13/h6-9,12,15-16,18H,2-5,10-11H2,1H3. The Balaban J connectivity index is 1.69. The normalized spacial score (nSPS) is 26.3. The van der Waals surface area contributed by atoms with Crippen LogP contribution in [0, 0.1) is 11.7 Å². The number of hydrogen-bond donors (Lipinski definition) is 1. The van der Waals surface area contributed by atoms with E-state index in [9.17, 15) is 4.39 Å². The monoisotopic (exact) mass is 262 g/mol. The van der Waals surface area contributed by atoms with E-state index in [1.165, 1.54) is 37.8 Å². The summed E-state index contributed by atoms with van der Waals surface area (Å²) in [6.45, 7) is 2.34. The quantitative estimate of drug-likeness (QED) is 0.897. The van der Waals surface area contributed by atoms with Gasteiger partial charge in [-0.25, -0.2) is 4.39 Å². The zero-order valence-electron chi connectivity index (χ0n) is 11.6. The molecule has 1 N–H and O–H groups in total. The number of likely N-dealkylation sites (tertiary alicyclic amines) is 1. The summed E-state index contributed by atoms with van der Waals surface area (Å²) in [5.41, 5.74) is 1.25. The van der Waals surface area contributed by atoms with Gasteiger partial charge in [0.1, 0.15) is 5.82 Å². The summed E-state index contributed by atoms with van der Waals surface area (Å²) in [6.07, 6.45) is 5.14. The van der Waals surface area contributed by atoms with Crippen LogP contribution < -0.4 is 5.32 Å². The second-order valence-corrected chi connectivity index (χ2v) is 6.13. The van der Waals surface area contributed by atoms with Crippen LogP contribution in [0.4, 0.5) is 4.39 Å². The molecule has 1 aromatic rings. The molecule has 3 rings (SSSR count). The molecule has 0 spiro atoms. The van der Waals surface area contributed by atoms with E-state index in [0.29, 0.717) is 12.1 Å². The number of piperidine rings is 1. The van der Waals surface area contributed by atoms with Gasteiger partial charge in [-0.15, -0.1) is 0 Å². The first-order chi connectivity index (χ1) is 9.22. The van der Waals surface area contributed by atoms with Crippen molar-refractivity contribution in [2.45, 2.75) is 37.8 Å². The van der Waals surface area contributed by atoms with Crippen molar-refractivity contribution >= 4 is 0 Å². The van der Waals surface area contributed by atoms with Gasteiger partial charge in [0.25, 0.3) is 0 Å². The van der Waals surface area contributed by atoms with Gasteiger partial charge in [0.05, 0.1) is 0 Å². The summed E-state index contributed by atoms with van der Waals surface area (Å²) in [4.78, 5) is 2.40. The second-order valence-electron chi connectivity index (χ2n) is 6.13. The number of likely N-dealkylation sites (N-methyl/N-ethyl adjacent to an activating group) is 1. The van der Waals surface area contributed by atoms with E-state index in [4.69, 9.17) is 0 Å². The molecule has 1 saturated carbocycles. The lowest BCUT2D eigenvalue weighted by Gasteiger charge is -2.33. The molecule has 19 heavy (non-hydrogen) atoms. The molecule has 2 atom stereocenters. The Hall–Kier alpha value is -0.930. The molecule has 0 amide bonds. The Labute approximate surface area is 115 Å². The van der Waals surface area contributed by atoms with Gasteiger partial charge < -0.3 is 10.2 Å². The van der Waals surface area contributed by atoms with Crippen LogP contribution in [-0.4, -0.2) is 31.1 Å². The maximum absolute atomic E-state index is 13.0. The van der Waals surface area contributed by atoms with Crippen molar-refractivity contribution in [3.63, 3.8) is 0 Å². The van der Waals surface area contributed by atoms with E-state index in [1.54, 1.807) is 12.1 Å². The number of nitrogens with one attached hydrogen (secondary N) is 1. The average molecular weight is 262 g/mol. The van der Waals surface area contributed by atoms with Crippen molar-refractivity contribution in [1.82, 2.24) is 10.2 Å². The van der Waals surface area contributed by atoms with Gasteiger partial charge in [-0.1, -0.05) is 12.1 Å². The Morgan fingerprint density at radius 3 is 2.58 bits per heavy atom. The molecule has 0 radical (unpaired) electrons. The van der Waals surface area contributed by atoms with Crippen LogP contribution in [-0.2, 0) is 0 Å². The Kier molecular flexibility index (Phi) is 3.85. The number of rotatable bonds is 4. The van der Waals surface area contributed by atoms with Crippen LogP contribution in [0.2, 0.25) is 0 Å². The zero-order chi connectivity index (χ0) is 13.2. The van der Waals surface area contributed by atoms with Crippen molar-refractivity contribution in [1.29, 1.82) is 0 Å². The fourth-order valence-corrected chi connectivity index (χ4v) is 3.16. The predicted molar refractivity (Wildman–Crippen MR) is 75.5 cm³/mol. The first-order valence-electron chi connectivity index (χ1n) is 7.42. The number of nitrogens with zero attached hydrogens (tertiary/aromatic N) is 1. The molecule has 2 fully saturated rings. The lowest BCUT2D eigenvalue weighted by Crippen LogP contribution is -2.45. The number of hydrogen-bond acceptors (Lipinski definition) is 2. The van der Waals surface area contributed by atoms with Crippen LogP contribution in [0.15, 0.2) is 24.3 Å². The molecule has 1 aliphatic heterocycles. The third-order valence-electron chi connectivity index (χ3n) is 4.36. The fraction of sp³-hybridized carbons (Fsp3) is 0.625. The minimum atomic E-state index is -0.143. The van der Waals surface area contributed by atoms with Gasteiger partial charge in [-0.2, -0.15) is 0 Å². The molecule has 2 nitrogen and oxygen atoms in total. The lowest BCUT2D eigenvalue weighted by atomic mass is 9.98. The first-order valence-corrected chi connectivity index (χ1v) is 7.42. The molecule has 104 valence electrons. The molecule has 2 unspecified atom stereocenters. The van der Waals surface area contributed by atoms with Crippen LogP contribution in [0.5, 0.6) is 0 Å². The van der Waals surface area contributed by atoms with Crippen molar-refractivity contribution < 1.29 is 4.39 Å². The SMILES string of the molecule is CN1CCCC(NC(c2ccc(F)cc2)C2CC2)C1. The third-order valence-corrected chi connectivity index (χ3v) is 4.36.